The lowest BCUT2D eigenvalue weighted by molar-refractivity contribution is 0.103. The van der Waals surface area contributed by atoms with Gasteiger partial charge < -0.3 is 0 Å². The Labute approximate surface area is 118 Å². The molecule has 2 aromatic carbocycles. The zero-order valence-corrected chi connectivity index (χ0v) is 11.8. The molecule has 0 atom stereocenters. The standard InChI is InChI=1S/C14H9BrClFO/c1-8-4-2-3-5-9(8)14(18)10-6-7-11(15)12(16)13(10)17/h2-7H,1H3. The summed E-state index contributed by atoms with van der Waals surface area (Å²) in [4.78, 5) is 12.2. The number of carbonyl (C=O) groups is 1. The minimum atomic E-state index is -0.695. The summed E-state index contributed by atoms with van der Waals surface area (Å²) in [5.74, 6) is -1.06. The van der Waals surface area contributed by atoms with Gasteiger partial charge in [-0.25, -0.2) is 4.39 Å². The van der Waals surface area contributed by atoms with Gasteiger partial charge in [0.05, 0.1) is 10.6 Å². The van der Waals surface area contributed by atoms with E-state index in [-0.39, 0.29) is 16.4 Å². The largest absolute Gasteiger partial charge is 0.288 e. The maximum atomic E-state index is 13.9. The summed E-state index contributed by atoms with van der Waals surface area (Å²) in [6.07, 6.45) is 0. The number of carbonyl (C=O) groups excluding carboxylic acids is 1. The highest BCUT2D eigenvalue weighted by Gasteiger charge is 2.18. The molecule has 0 N–H and O–H groups in total. The van der Waals surface area contributed by atoms with E-state index in [4.69, 9.17) is 11.6 Å². The van der Waals surface area contributed by atoms with Crippen LogP contribution in [0.5, 0.6) is 0 Å². The Hall–Kier alpha value is -1.19. The first-order valence-corrected chi connectivity index (χ1v) is 6.43. The molecule has 0 bridgehead atoms. The Morgan fingerprint density at radius 2 is 1.83 bits per heavy atom. The van der Waals surface area contributed by atoms with E-state index in [0.717, 1.165) is 5.56 Å². The van der Waals surface area contributed by atoms with Crippen molar-refractivity contribution in [2.24, 2.45) is 0 Å². The molecule has 0 aliphatic carbocycles. The van der Waals surface area contributed by atoms with Crippen molar-refractivity contribution in [3.8, 4) is 0 Å². The molecule has 0 saturated heterocycles. The first-order chi connectivity index (χ1) is 8.52. The van der Waals surface area contributed by atoms with Crippen LogP contribution in [0, 0.1) is 12.7 Å². The fraction of sp³-hybridized carbons (Fsp3) is 0.0714. The number of halogens is 3. The van der Waals surface area contributed by atoms with Crippen molar-refractivity contribution in [3.63, 3.8) is 0 Å². The molecule has 0 saturated carbocycles. The van der Waals surface area contributed by atoms with E-state index >= 15 is 0 Å². The lowest BCUT2D eigenvalue weighted by Crippen LogP contribution is -2.06. The zero-order chi connectivity index (χ0) is 13.3. The molecule has 0 radical (unpaired) electrons. The number of benzene rings is 2. The summed E-state index contributed by atoms with van der Waals surface area (Å²) in [6.45, 7) is 1.81. The van der Waals surface area contributed by atoms with Crippen LogP contribution in [0.15, 0.2) is 40.9 Å². The van der Waals surface area contributed by atoms with Gasteiger partial charge in [-0.1, -0.05) is 35.9 Å². The first-order valence-electron chi connectivity index (χ1n) is 5.26. The predicted octanol–water partition coefficient (Wildman–Crippen LogP) is 4.78. The van der Waals surface area contributed by atoms with Gasteiger partial charge in [-0.15, -0.1) is 0 Å². The van der Waals surface area contributed by atoms with Crippen LogP contribution in [0.2, 0.25) is 5.02 Å². The third-order valence-corrected chi connectivity index (χ3v) is 3.93. The van der Waals surface area contributed by atoms with Gasteiger partial charge in [-0.3, -0.25) is 4.79 Å². The van der Waals surface area contributed by atoms with Gasteiger partial charge in [0.25, 0.3) is 0 Å². The van der Waals surface area contributed by atoms with E-state index in [1.807, 2.05) is 19.1 Å². The molecule has 0 aliphatic rings. The highest BCUT2D eigenvalue weighted by Crippen LogP contribution is 2.29. The van der Waals surface area contributed by atoms with Crippen LogP contribution in [0.4, 0.5) is 4.39 Å². The molecule has 1 nitrogen and oxygen atoms in total. The van der Waals surface area contributed by atoms with E-state index in [2.05, 4.69) is 15.9 Å². The molecule has 0 amide bonds. The van der Waals surface area contributed by atoms with E-state index in [9.17, 15) is 9.18 Å². The van der Waals surface area contributed by atoms with Crippen molar-refractivity contribution in [1.82, 2.24) is 0 Å². The maximum absolute atomic E-state index is 13.9. The first kappa shape index (κ1) is 13.2. The van der Waals surface area contributed by atoms with Crippen LogP contribution in [0.25, 0.3) is 0 Å². The number of hydrogen-bond donors (Lipinski definition) is 0. The summed E-state index contributed by atoms with van der Waals surface area (Å²) in [7, 11) is 0. The molecular formula is C14H9BrClFO. The van der Waals surface area contributed by atoms with E-state index in [0.29, 0.717) is 10.0 Å². The van der Waals surface area contributed by atoms with E-state index in [1.54, 1.807) is 18.2 Å². The van der Waals surface area contributed by atoms with Gasteiger partial charge in [-0.2, -0.15) is 0 Å². The van der Waals surface area contributed by atoms with Crippen molar-refractivity contribution in [2.75, 3.05) is 0 Å². The molecular weight excluding hydrogens is 319 g/mol. The second kappa shape index (κ2) is 5.21. The van der Waals surface area contributed by atoms with Crippen LogP contribution in [0.1, 0.15) is 21.5 Å². The summed E-state index contributed by atoms with van der Waals surface area (Å²) in [5, 5.41) is -0.0746. The lowest BCUT2D eigenvalue weighted by Gasteiger charge is -2.07. The van der Waals surface area contributed by atoms with Gasteiger partial charge in [-0.05, 0) is 40.5 Å². The summed E-state index contributed by atoms with van der Waals surface area (Å²) < 4.78 is 14.4. The second-order valence-corrected chi connectivity index (χ2v) is 5.10. The molecule has 0 unspecified atom stereocenters. The van der Waals surface area contributed by atoms with Gasteiger partial charge in [0.2, 0.25) is 0 Å². The molecule has 2 aromatic rings. The topological polar surface area (TPSA) is 17.1 Å². The molecule has 0 aromatic heterocycles. The molecule has 0 fully saturated rings. The minimum Gasteiger partial charge on any atom is -0.288 e. The molecule has 4 heteroatoms. The predicted molar refractivity (Wildman–Crippen MR) is 73.7 cm³/mol. The number of ketones is 1. The smallest absolute Gasteiger partial charge is 0.196 e. The van der Waals surface area contributed by atoms with E-state index in [1.165, 1.54) is 6.07 Å². The molecule has 92 valence electrons. The van der Waals surface area contributed by atoms with Crippen molar-refractivity contribution in [3.05, 3.63) is 68.4 Å². The van der Waals surface area contributed by atoms with Crippen LogP contribution < -0.4 is 0 Å². The quantitative estimate of drug-likeness (QED) is 0.573. The van der Waals surface area contributed by atoms with Gasteiger partial charge >= 0.3 is 0 Å². The molecule has 0 aliphatic heterocycles. The average Bonchev–Trinajstić information content (AvgIpc) is 2.36. The number of aryl methyl sites for hydroxylation is 1. The Morgan fingerprint density at radius 1 is 1.17 bits per heavy atom. The normalized spacial score (nSPS) is 10.4. The Kier molecular flexibility index (Phi) is 3.83. The summed E-state index contributed by atoms with van der Waals surface area (Å²) >= 11 is 8.90. The SMILES string of the molecule is Cc1ccccc1C(=O)c1ccc(Br)c(Cl)c1F. The van der Waals surface area contributed by atoms with Gasteiger partial charge in [0.15, 0.2) is 11.6 Å². The third-order valence-electron chi connectivity index (χ3n) is 2.67. The van der Waals surface area contributed by atoms with Crippen LogP contribution >= 0.6 is 27.5 Å². The van der Waals surface area contributed by atoms with E-state index < -0.39 is 5.82 Å². The fourth-order valence-electron chi connectivity index (χ4n) is 1.67. The number of hydrogen-bond acceptors (Lipinski definition) is 1. The van der Waals surface area contributed by atoms with Crippen molar-refractivity contribution >= 4 is 33.3 Å². The molecule has 0 heterocycles. The average molecular weight is 328 g/mol. The second-order valence-electron chi connectivity index (χ2n) is 3.87. The van der Waals surface area contributed by atoms with Gasteiger partial charge in [0, 0.05) is 10.0 Å². The van der Waals surface area contributed by atoms with Crippen LogP contribution in [0.3, 0.4) is 0 Å². The monoisotopic (exact) mass is 326 g/mol. The highest BCUT2D eigenvalue weighted by molar-refractivity contribution is 9.10. The Balaban J connectivity index is 2.54. The minimum absolute atomic E-state index is 0.0162. The van der Waals surface area contributed by atoms with Crippen molar-refractivity contribution < 1.29 is 9.18 Å². The Bertz CT molecular complexity index is 625. The summed E-state index contributed by atoms with van der Waals surface area (Å²) in [5.41, 5.74) is 1.27. The highest BCUT2D eigenvalue weighted by atomic mass is 79.9. The van der Waals surface area contributed by atoms with Crippen molar-refractivity contribution in [1.29, 1.82) is 0 Å². The third kappa shape index (κ3) is 2.33. The van der Waals surface area contributed by atoms with Crippen LogP contribution in [-0.4, -0.2) is 5.78 Å². The Morgan fingerprint density at radius 3 is 2.50 bits per heavy atom. The molecule has 18 heavy (non-hydrogen) atoms. The summed E-state index contributed by atoms with van der Waals surface area (Å²) in [6, 6.07) is 10.1. The van der Waals surface area contributed by atoms with Crippen LogP contribution in [-0.2, 0) is 0 Å². The zero-order valence-electron chi connectivity index (χ0n) is 9.51. The molecule has 0 spiro atoms. The maximum Gasteiger partial charge on any atom is 0.196 e. The fourth-order valence-corrected chi connectivity index (χ4v) is 2.15. The lowest BCUT2D eigenvalue weighted by atomic mass is 9.99. The van der Waals surface area contributed by atoms with Crippen molar-refractivity contribution in [2.45, 2.75) is 6.92 Å². The van der Waals surface area contributed by atoms with Gasteiger partial charge in [0.1, 0.15) is 0 Å². The molecule has 2 rings (SSSR count). The number of rotatable bonds is 2.